The standard InChI is InChI=1S/C7H10BrSSi.3C4H9.Sn/c1-10(2,3)7-4-6(8)5-9-7;3*1-3-4-2;/h4H,1-3H3;3*1,3-4H2,2H3;. The van der Waals surface area contributed by atoms with E-state index in [4.69, 9.17) is 0 Å². The topological polar surface area (TPSA) is 0 Å². The summed E-state index contributed by atoms with van der Waals surface area (Å²) in [5, 5.41) is 0. The fourth-order valence-electron chi connectivity index (χ4n) is 3.36. The van der Waals surface area contributed by atoms with Crippen LogP contribution in [0.5, 0.6) is 0 Å². The van der Waals surface area contributed by atoms with E-state index in [-0.39, 0.29) is 0 Å². The summed E-state index contributed by atoms with van der Waals surface area (Å²) in [6.45, 7) is 14.6. The van der Waals surface area contributed by atoms with Gasteiger partial charge in [0.15, 0.2) is 0 Å². The quantitative estimate of drug-likeness (QED) is 0.271. The Morgan fingerprint density at radius 3 is 1.65 bits per heavy atom. The zero-order chi connectivity index (χ0) is 17.5. The summed E-state index contributed by atoms with van der Waals surface area (Å²) >= 11 is 3.99. The molecule has 0 fully saturated rings. The molecule has 0 unspecified atom stereocenters. The van der Waals surface area contributed by atoms with Gasteiger partial charge in [0, 0.05) is 0 Å². The van der Waals surface area contributed by atoms with Crippen molar-refractivity contribution in [3.05, 3.63) is 10.5 Å². The Hall–Kier alpha value is 1.20. The summed E-state index contributed by atoms with van der Waals surface area (Å²) in [4.78, 5) is 0. The van der Waals surface area contributed by atoms with E-state index in [2.05, 4.69) is 73.7 Å². The van der Waals surface area contributed by atoms with Crippen molar-refractivity contribution in [2.45, 2.75) is 92.2 Å². The maximum absolute atomic E-state index is 4.01. The average molecular weight is 524 g/mol. The van der Waals surface area contributed by atoms with Gasteiger partial charge in [-0.1, -0.05) is 0 Å². The van der Waals surface area contributed by atoms with Crippen LogP contribution < -0.4 is 7.39 Å². The molecule has 0 amide bonds. The monoisotopic (exact) mass is 524 g/mol. The predicted molar refractivity (Wildman–Crippen MR) is 120 cm³/mol. The van der Waals surface area contributed by atoms with Crippen LogP contribution in [-0.4, -0.2) is 26.5 Å². The molecular formula is C19H37BrSSiSn. The summed E-state index contributed by atoms with van der Waals surface area (Å²) < 4.78 is 9.83. The fourth-order valence-corrected chi connectivity index (χ4v) is 30.2. The Morgan fingerprint density at radius 1 is 0.913 bits per heavy atom. The molecule has 0 saturated heterocycles. The Kier molecular flexibility index (Phi) is 10.0. The first-order valence-corrected chi connectivity index (χ1v) is 22.2. The normalized spacial score (nSPS) is 12.8. The Labute approximate surface area is 162 Å². The number of thiophene rings is 1. The van der Waals surface area contributed by atoms with Gasteiger partial charge >= 0.3 is 164 Å². The first kappa shape index (κ1) is 22.2. The van der Waals surface area contributed by atoms with Crippen LogP contribution in [0.4, 0.5) is 0 Å². The molecule has 1 aromatic heterocycles. The number of unbranched alkanes of at least 4 members (excludes halogenated alkanes) is 3. The van der Waals surface area contributed by atoms with Gasteiger partial charge in [0.1, 0.15) is 0 Å². The van der Waals surface area contributed by atoms with Crippen molar-refractivity contribution in [3.8, 4) is 0 Å². The predicted octanol–water partition coefficient (Wildman–Crippen LogP) is 7.11. The van der Waals surface area contributed by atoms with E-state index in [0.29, 0.717) is 0 Å². The number of hydrogen-bond donors (Lipinski definition) is 0. The summed E-state index contributed by atoms with van der Waals surface area (Å²) in [6, 6.07) is 2.52. The molecule has 1 heterocycles. The van der Waals surface area contributed by atoms with Crippen molar-refractivity contribution in [2.75, 3.05) is 0 Å². The molecule has 23 heavy (non-hydrogen) atoms. The van der Waals surface area contributed by atoms with E-state index < -0.39 is 26.5 Å². The van der Waals surface area contributed by atoms with Crippen molar-refractivity contribution in [1.82, 2.24) is 0 Å². The molecule has 0 saturated carbocycles. The van der Waals surface area contributed by atoms with Crippen molar-refractivity contribution in [3.63, 3.8) is 0 Å². The van der Waals surface area contributed by atoms with E-state index in [1.54, 1.807) is 17.8 Å². The van der Waals surface area contributed by atoms with E-state index in [1.807, 2.05) is 2.89 Å². The van der Waals surface area contributed by atoms with Gasteiger partial charge in [0.2, 0.25) is 0 Å². The summed E-state index contributed by atoms with van der Waals surface area (Å²) in [5.74, 6) is 0. The minimum absolute atomic E-state index is 1.19. The molecule has 1 aromatic rings. The third kappa shape index (κ3) is 6.45. The van der Waals surface area contributed by atoms with Gasteiger partial charge in [-0.3, -0.25) is 0 Å². The summed E-state index contributed by atoms with van der Waals surface area (Å²) in [7, 11) is -1.19. The van der Waals surface area contributed by atoms with Gasteiger partial charge in [-0.05, 0) is 0 Å². The van der Waals surface area contributed by atoms with Crippen LogP contribution in [0, 0.1) is 0 Å². The number of hydrogen-bond acceptors (Lipinski definition) is 1. The second kappa shape index (κ2) is 10.4. The second-order valence-corrected chi connectivity index (χ2v) is 29.5. The Morgan fingerprint density at radius 2 is 1.35 bits per heavy atom. The molecule has 0 bridgehead atoms. The van der Waals surface area contributed by atoms with E-state index in [9.17, 15) is 0 Å². The summed E-state index contributed by atoms with van der Waals surface area (Å²) in [6.07, 6.45) is 8.45. The molecule has 0 aliphatic carbocycles. The van der Waals surface area contributed by atoms with Crippen LogP contribution in [0.15, 0.2) is 10.5 Å². The molecule has 0 radical (unpaired) electrons. The molecule has 4 heteroatoms. The zero-order valence-electron chi connectivity index (χ0n) is 16.2. The molecule has 0 N–H and O–H groups in total. The molecule has 134 valence electrons. The third-order valence-corrected chi connectivity index (χ3v) is 29.9. The van der Waals surface area contributed by atoms with Crippen LogP contribution in [0.25, 0.3) is 0 Å². The van der Waals surface area contributed by atoms with Crippen molar-refractivity contribution >= 4 is 61.1 Å². The molecule has 0 aliphatic heterocycles. The average Bonchev–Trinajstić information content (AvgIpc) is 2.90. The number of halogens is 1. The van der Waals surface area contributed by atoms with Gasteiger partial charge < -0.3 is 0 Å². The molecular weight excluding hydrogens is 487 g/mol. The van der Waals surface area contributed by atoms with Crippen LogP contribution in [0.1, 0.15) is 59.3 Å². The molecule has 0 spiro atoms. The third-order valence-electron chi connectivity index (χ3n) is 4.93. The minimum atomic E-state index is -2.25. The molecule has 0 aromatic carbocycles. The van der Waals surface area contributed by atoms with Crippen molar-refractivity contribution < 1.29 is 0 Å². The SMILES string of the molecule is CCC[CH2][Sn]([CH2]CCC)([CH2]CCC)[c]1sc([Si](C)(C)C)cc1Br. The van der Waals surface area contributed by atoms with Crippen LogP contribution in [0.2, 0.25) is 33.0 Å². The van der Waals surface area contributed by atoms with Crippen LogP contribution in [-0.2, 0) is 0 Å². The molecule has 1 rings (SSSR count). The number of rotatable bonds is 11. The summed E-state index contributed by atoms with van der Waals surface area (Å²) in [5.41, 5.74) is 0. The Bertz CT molecular complexity index is 443. The van der Waals surface area contributed by atoms with E-state index >= 15 is 0 Å². The molecule has 0 aliphatic rings. The van der Waals surface area contributed by atoms with Gasteiger partial charge in [0.25, 0.3) is 0 Å². The zero-order valence-corrected chi connectivity index (χ0v) is 22.5. The Balaban J connectivity index is 3.26. The first-order valence-electron chi connectivity index (χ1n) is 9.61. The first-order chi connectivity index (χ1) is 10.8. The fraction of sp³-hybridized carbons (Fsp3) is 0.789. The van der Waals surface area contributed by atoms with E-state index in [1.165, 1.54) is 43.0 Å². The van der Waals surface area contributed by atoms with Gasteiger partial charge in [-0.15, -0.1) is 0 Å². The van der Waals surface area contributed by atoms with Crippen molar-refractivity contribution in [1.29, 1.82) is 0 Å². The van der Waals surface area contributed by atoms with Gasteiger partial charge in [-0.2, -0.15) is 0 Å². The van der Waals surface area contributed by atoms with Crippen molar-refractivity contribution in [2.24, 2.45) is 0 Å². The second-order valence-electron chi connectivity index (χ2n) is 8.13. The van der Waals surface area contributed by atoms with Crippen LogP contribution in [0.3, 0.4) is 0 Å². The van der Waals surface area contributed by atoms with Gasteiger partial charge in [0.05, 0.1) is 0 Å². The molecule has 0 atom stereocenters. The molecule has 0 nitrogen and oxygen atoms in total. The van der Waals surface area contributed by atoms with Crippen LogP contribution >= 0.6 is 27.3 Å². The maximum atomic E-state index is 4.01. The van der Waals surface area contributed by atoms with E-state index in [0.717, 1.165) is 0 Å². The van der Waals surface area contributed by atoms with Gasteiger partial charge in [-0.25, -0.2) is 0 Å².